The Bertz CT molecular complexity index is 3050. The Labute approximate surface area is 399 Å². The van der Waals surface area contributed by atoms with E-state index >= 15 is 0 Å². The highest BCUT2D eigenvalue weighted by atomic mass is 16.5. The Morgan fingerprint density at radius 3 is 1.63 bits per heavy atom. The second-order valence-corrected chi connectivity index (χ2v) is 19.6. The first kappa shape index (κ1) is 42.6. The summed E-state index contributed by atoms with van der Waals surface area (Å²) in [7, 11) is 3.50. The van der Waals surface area contributed by atoms with Gasteiger partial charge in [-0.25, -0.2) is 9.97 Å². The van der Waals surface area contributed by atoms with Crippen molar-refractivity contribution in [1.29, 1.82) is 0 Å². The topological polar surface area (TPSA) is 76.5 Å². The third kappa shape index (κ3) is 7.28. The Kier molecular flexibility index (Phi) is 11.1. The zero-order chi connectivity index (χ0) is 45.9. The number of fused-ring (bicyclic) bond motifs is 9. The van der Waals surface area contributed by atoms with Crippen LogP contribution in [-0.4, -0.2) is 82.2 Å². The molecular weight excluding hydrogens is 837 g/mol. The monoisotopic (exact) mass is 894 g/mol. The third-order valence-corrected chi connectivity index (χ3v) is 16.4. The van der Waals surface area contributed by atoms with Crippen molar-refractivity contribution in [2.24, 2.45) is 23.7 Å². The molecule has 0 radical (unpaired) electrons. The molecule has 14 rings (SSSR count). The average molecular weight is 895 g/mol. The maximum atomic E-state index is 6.07. The molecule has 0 amide bonds. The number of rotatable bonds is 12. The number of nitrogens with zero attached hydrogens (tertiary/aromatic N) is 6. The van der Waals surface area contributed by atoms with Gasteiger partial charge in [0.1, 0.15) is 11.5 Å². The number of aromatic nitrogens is 4. The first-order valence-corrected chi connectivity index (χ1v) is 24.6. The van der Waals surface area contributed by atoms with Crippen molar-refractivity contribution >= 4 is 32.6 Å². The lowest BCUT2D eigenvalue weighted by molar-refractivity contribution is 0.0108. The maximum absolute atomic E-state index is 6.07. The van der Waals surface area contributed by atoms with E-state index in [0.717, 1.165) is 130 Å². The molecule has 8 nitrogen and oxygen atoms in total. The van der Waals surface area contributed by atoms with Crippen LogP contribution in [0.1, 0.15) is 60.0 Å². The second kappa shape index (κ2) is 17.7. The van der Waals surface area contributed by atoms with Gasteiger partial charge >= 0.3 is 0 Å². The fraction of sp³-hybridized carbons (Fsp3) is 0.300. The van der Waals surface area contributed by atoms with E-state index in [-0.39, 0.29) is 23.9 Å². The summed E-state index contributed by atoms with van der Waals surface area (Å²) in [6, 6.07) is 43.7. The van der Waals surface area contributed by atoms with Gasteiger partial charge in [0, 0.05) is 71.3 Å². The van der Waals surface area contributed by atoms with Crippen molar-refractivity contribution in [3.8, 4) is 34.0 Å². The number of ether oxygens (including phenoxy) is 2. The summed E-state index contributed by atoms with van der Waals surface area (Å²) in [5.74, 6) is 4.01. The maximum Gasteiger partial charge on any atom is 0.160 e. The van der Waals surface area contributed by atoms with Gasteiger partial charge in [-0.1, -0.05) is 84.9 Å². The lowest BCUT2D eigenvalue weighted by Gasteiger charge is -2.52. The predicted molar refractivity (Wildman–Crippen MR) is 274 cm³/mol. The molecule has 6 saturated heterocycles. The van der Waals surface area contributed by atoms with Gasteiger partial charge in [0.2, 0.25) is 0 Å². The molecule has 6 fully saturated rings. The minimum atomic E-state index is -0.157. The number of pyridine rings is 2. The zero-order valence-corrected chi connectivity index (χ0v) is 39.0. The lowest BCUT2D eigenvalue weighted by atomic mass is 9.68. The van der Waals surface area contributed by atoms with Crippen molar-refractivity contribution in [2.75, 3.05) is 40.4 Å². The lowest BCUT2D eigenvalue weighted by Crippen LogP contribution is -2.55. The summed E-state index contributed by atoms with van der Waals surface area (Å²) < 4.78 is 11.9. The molecule has 0 spiro atoms. The number of methoxy groups -OCH3 is 2. The minimum Gasteiger partial charge on any atom is -0.497 e. The summed E-state index contributed by atoms with van der Waals surface area (Å²) in [4.78, 5) is 27.6. The molecule has 8 heteroatoms. The molecule has 6 aliphatic rings. The Morgan fingerprint density at radius 1 is 0.588 bits per heavy atom. The number of hydrogen-bond donors (Lipinski definition) is 0. The SMILES string of the molecule is C=C[C@H]1CN2CC[C@H]1C[C@@H]2[C@@H](c1nc(-c2cccc3ccccc23)nc([C@@H](c2ccnc3ccc(OC)cc23)[C@H]2C[C@@H]3CCN2C[C@@H]3C=C)c1-c1ccccc1)c1ccnc2ccc(OC)cc12. The van der Waals surface area contributed by atoms with Gasteiger partial charge in [-0.3, -0.25) is 19.8 Å². The van der Waals surface area contributed by atoms with Crippen molar-refractivity contribution in [1.82, 2.24) is 29.7 Å². The van der Waals surface area contributed by atoms with E-state index in [0.29, 0.717) is 23.7 Å². The summed E-state index contributed by atoms with van der Waals surface area (Å²) in [5, 5.41) is 4.46. The molecule has 0 aliphatic carbocycles. The minimum absolute atomic E-state index is 0.152. The van der Waals surface area contributed by atoms with Gasteiger partial charge < -0.3 is 9.47 Å². The van der Waals surface area contributed by atoms with E-state index in [1.165, 1.54) is 11.1 Å². The molecule has 2 unspecified atom stereocenters. The average Bonchev–Trinajstić information content (AvgIpc) is 3.41. The van der Waals surface area contributed by atoms with Crippen LogP contribution in [-0.2, 0) is 0 Å². The van der Waals surface area contributed by atoms with Crippen LogP contribution < -0.4 is 9.47 Å². The molecule has 0 N–H and O–H groups in total. The zero-order valence-electron chi connectivity index (χ0n) is 39.0. The van der Waals surface area contributed by atoms with E-state index in [1.807, 2.05) is 24.5 Å². The Hall–Kier alpha value is -6.74. The first-order chi connectivity index (χ1) is 33.5. The first-order valence-electron chi connectivity index (χ1n) is 24.6. The summed E-state index contributed by atoms with van der Waals surface area (Å²) >= 11 is 0. The van der Waals surface area contributed by atoms with Crippen LogP contribution >= 0.6 is 0 Å². The molecule has 3 aromatic heterocycles. The summed E-state index contributed by atoms with van der Waals surface area (Å²) in [5.41, 5.74) is 9.64. The van der Waals surface area contributed by atoms with E-state index < -0.39 is 0 Å². The molecule has 68 heavy (non-hydrogen) atoms. The van der Waals surface area contributed by atoms with Crippen LogP contribution in [0.15, 0.2) is 159 Å². The van der Waals surface area contributed by atoms with Crippen LogP contribution in [0.4, 0.5) is 0 Å². The van der Waals surface area contributed by atoms with Crippen LogP contribution in [0, 0.1) is 23.7 Å². The van der Waals surface area contributed by atoms with Crippen LogP contribution in [0.2, 0.25) is 0 Å². The molecule has 0 saturated carbocycles. The molecule has 5 aromatic carbocycles. The second-order valence-electron chi connectivity index (χ2n) is 19.6. The number of piperidine rings is 6. The smallest absolute Gasteiger partial charge is 0.160 e. The quantitative estimate of drug-likeness (QED) is 0.112. The normalized spacial score (nSPS) is 25.0. The molecular formula is C60H58N6O2. The van der Waals surface area contributed by atoms with Crippen molar-refractivity contribution < 1.29 is 9.47 Å². The van der Waals surface area contributed by atoms with E-state index in [9.17, 15) is 0 Å². The Morgan fingerprint density at radius 2 is 1.12 bits per heavy atom. The summed E-state index contributed by atoms with van der Waals surface area (Å²) in [6.07, 6.45) is 12.8. The Balaban J connectivity index is 1.22. The fourth-order valence-corrected chi connectivity index (χ4v) is 13.0. The molecule has 8 aromatic rings. The largest absolute Gasteiger partial charge is 0.497 e. The highest BCUT2D eigenvalue weighted by Crippen LogP contribution is 2.52. The van der Waals surface area contributed by atoms with E-state index in [2.05, 4.69) is 144 Å². The van der Waals surface area contributed by atoms with Crippen LogP contribution in [0.3, 0.4) is 0 Å². The van der Waals surface area contributed by atoms with Crippen molar-refractivity contribution in [2.45, 2.75) is 49.6 Å². The molecule has 4 bridgehead atoms. The molecule has 340 valence electrons. The molecule has 6 aliphatic heterocycles. The van der Waals surface area contributed by atoms with E-state index in [4.69, 9.17) is 29.4 Å². The highest BCUT2D eigenvalue weighted by Gasteiger charge is 2.48. The van der Waals surface area contributed by atoms with Gasteiger partial charge in [0.15, 0.2) is 5.82 Å². The van der Waals surface area contributed by atoms with Gasteiger partial charge in [-0.05, 0) is 138 Å². The van der Waals surface area contributed by atoms with Crippen molar-refractivity contribution in [3.63, 3.8) is 0 Å². The van der Waals surface area contributed by atoms with Crippen molar-refractivity contribution in [3.05, 3.63) is 182 Å². The standard InChI is InChI=1S/C60H58N6O2/c1-5-37-35-65-29-25-41(37)31-53(65)56(46-23-27-61-51-21-19-43(67-3)33-49(46)51)58-55(40-14-8-7-9-15-40)59(64-60(63-58)48-18-12-16-39-13-10-11-17-45(39)48)57(54-32-42-26-30-66(54)36-38(42)6-2)47-24-28-62-52-22-20-44(68-4)34-50(47)52/h5-24,27-28,33-34,37-38,41-42,53-54,56-57H,1-2,25-26,29-32,35-36H2,3-4H3/t37-,38-,41-,42-,53+,54+,56-,57-/m0/s1. The predicted octanol–water partition coefficient (Wildman–Crippen LogP) is 12.1. The molecule has 10 atom stereocenters. The van der Waals surface area contributed by atoms with Gasteiger partial charge in [-0.2, -0.15) is 0 Å². The van der Waals surface area contributed by atoms with Gasteiger partial charge in [0.25, 0.3) is 0 Å². The summed E-state index contributed by atoms with van der Waals surface area (Å²) in [6.45, 7) is 12.7. The highest BCUT2D eigenvalue weighted by molar-refractivity contribution is 5.95. The van der Waals surface area contributed by atoms with E-state index in [1.54, 1.807) is 14.2 Å². The third-order valence-electron chi connectivity index (χ3n) is 16.4. The fourth-order valence-electron chi connectivity index (χ4n) is 13.0. The molecule has 9 heterocycles. The number of hydrogen-bond acceptors (Lipinski definition) is 8. The van der Waals surface area contributed by atoms with Crippen LogP contribution in [0.25, 0.3) is 55.1 Å². The van der Waals surface area contributed by atoms with Gasteiger partial charge in [0.05, 0.1) is 36.6 Å². The van der Waals surface area contributed by atoms with Crippen LogP contribution in [0.5, 0.6) is 11.5 Å². The van der Waals surface area contributed by atoms with Gasteiger partial charge in [-0.15, -0.1) is 13.2 Å². The number of benzene rings is 5.